The molecule has 1 aromatic heterocycles. The number of thioether (sulfide) groups is 1. The lowest BCUT2D eigenvalue weighted by molar-refractivity contribution is 0.548. The molecule has 1 aliphatic heterocycles. The highest BCUT2D eigenvalue weighted by Crippen LogP contribution is 2.23. The molecular formula is C9H15N3S2. The molecule has 0 amide bonds. The number of hydrogen-bond acceptors (Lipinski definition) is 5. The first-order chi connectivity index (χ1) is 6.84. The molecule has 2 rings (SSSR count). The second-order valence-corrected chi connectivity index (χ2v) is 5.51. The predicted octanol–water partition coefficient (Wildman–Crippen LogP) is 2.40. The smallest absolute Gasteiger partial charge is 0.202 e. The van der Waals surface area contributed by atoms with Crippen molar-refractivity contribution in [3.05, 3.63) is 5.82 Å². The van der Waals surface area contributed by atoms with Crippen molar-refractivity contribution < 1.29 is 0 Å². The number of rotatable bonds is 3. The van der Waals surface area contributed by atoms with Crippen LogP contribution < -0.4 is 5.32 Å². The fourth-order valence-corrected chi connectivity index (χ4v) is 3.30. The Bertz CT molecular complexity index is 281. The van der Waals surface area contributed by atoms with Crippen LogP contribution in [0.15, 0.2) is 0 Å². The largest absolute Gasteiger partial charge is 0.360 e. The maximum absolute atomic E-state index is 4.28. The lowest BCUT2D eigenvalue weighted by Gasteiger charge is -2.20. The molecule has 1 fully saturated rings. The van der Waals surface area contributed by atoms with E-state index in [1.165, 1.54) is 35.9 Å². The molecule has 1 atom stereocenters. The first-order valence-corrected chi connectivity index (χ1v) is 6.89. The summed E-state index contributed by atoms with van der Waals surface area (Å²) in [7, 11) is 0. The second-order valence-electron chi connectivity index (χ2n) is 3.61. The molecule has 0 aromatic carbocycles. The lowest BCUT2D eigenvalue weighted by Crippen LogP contribution is -2.19. The average Bonchev–Trinajstić information content (AvgIpc) is 2.63. The van der Waals surface area contributed by atoms with E-state index in [1.807, 2.05) is 6.92 Å². The maximum atomic E-state index is 4.28. The number of nitrogens with one attached hydrogen (secondary N) is 1. The van der Waals surface area contributed by atoms with E-state index in [0.717, 1.165) is 23.4 Å². The molecule has 1 aromatic rings. The fraction of sp³-hybridized carbons (Fsp3) is 0.778. The molecule has 3 nitrogen and oxygen atoms in total. The first-order valence-electron chi connectivity index (χ1n) is 4.96. The Hall–Kier alpha value is -0.290. The molecule has 0 radical (unpaired) electrons. The quantitative estimate of drug-likeness (QED) is 0.863. The van der Waals surface area contributed by atoms with E-state index >= 15 is 0 Å². The molecule has 78 valence electrons. The van der Waals surface area contributed by atoms with Crippen molar-refractivity contribution in [2.24, 2.45) is 5.92 Å². The van der Waals surface area contributed by atoms with Crippen LogP contribution in [0.4, 0.5) is 5.13 Å². The fourth-order valence-electron chi connectivity index (χ4n) is 1.57. The molecule has 5 heteroatoms. The Morgan fingerprint density at radius 2 is 2.50 bits per heavy atom. The van der Waals surface area contributed by atoms with Gasteiger partial charge in [-0.2, -0.15) is 16.1 Å². The second kappa shape index (κ2) is 4.98. The van der Waals surface area contributed by atoms with E-state index in [-0.39, 0.29) is 0 Å². The summed E-state index contributed by atoms with van der Waals surface area (Å²) < 4.78 is 4.14. The van der Waals surface area contributed by atoms with E-state index in [4.69, 9.17) is 0 Å². The van der Waals surface area contributed by atoms with Crippen LogP contribution in [0.3, 0.4) is 0 Å². The van der Waals surface area contributed by atoms with Crippen molar-refractivity contribution in [3.8, 4) is 0 Å². The Labute approximate surface area is 92.9 Å². The standard InChI is InChI=1S/C9H15N3S2/c1-7-11-9(14-12-7)10-5-8-3-2-4-13-6-8/h8H,2-6H2,1H3,(H,10,11,12). The molecule has 0 spiro atoms. The van der Waals surface area contributed by atoms with Crippen molar-refractivity contribution in [1.29, 1.82) is 0 Å². The highest BCUT2D eigenvalue weighted by atomic mass is 32.2. The summed E-state index contributed by atoms with van der Waals surface area (Å²) in [5.41, 5.74) is 0. The van der Waals surface area contributed by atoms with Crippen LogP contribution in [-0.2, 0) is 0 Å². The molecule has 14 heavy (non-hydrogen) atoms. The highest BCUT2D eigenvalue weighted by Gasteiger charge is 2.13. The van der Waals surface area contributed by atoms with Gasteiger partial charge in [0.15, 0.2) is 0 Å². The summed E-state index contributed by atoms with van der Waals surface area (Å²) in [4.78, 5) is 4.28. The average molecular weight is 229 g/mol. The van der Waals surface area contributed by atoms with E-state index < -0.39 is 0 Å². The zero-order chi connectivity index (χ0) is 9.80. The van der Waals surface area contributed by atoms with Gasteiger partial charge in [-0.3, -0.25) is 0 Å². The van der Waals surface area contributed by atoms with Crippen molar-refractivity contribution in [2.45, 2.75) is 19.8 Å². The summed E-state index contributed by atoms with van der Waals surface area (Å²) in [6.45, 7) is 2.99. The number of aryl methyl sites for hydroxylation is 1. The number of aromatic nitrogens is 2. The van der Waals surface area contributed by atoms with Gasteiger partial charge in [0.1, 0.15) is 5.82 Å². The summed E-state index contributed by atoms with van der Waals surface area (Å²) in [5, 5.41) is 4.34. The Kier molecular flexibility index (Phi) is 3.64. The van der Waals surface area contributed by atoms with Gasteiger partial charge >= 0.3 is 0 Å². The third-order valence-electron chi connectivity index (χ3n) is 2.32. The van der Waals surface area contributed by atoms with Gasteiger partial charge in [-0.25, -0.2) is 4.98 Å². The van der Waals surface area contributed by atoms with E-state index in [9.17, 15) is 0 Å². The van der Waals surface area contributed by atoms with Crippen molar-refractivity contribution in [1.82, 2.24) is 9.36 Å². The summed E-state index contributed by atoms with van der Waals surface area (Å²) >= 11 is 3.53. The molecule has 1 N–H and O–H groups in total. The van der Waals surface area contributed by atoms with Gasteiger partial charge in [-0.1, -0.05) is 0 Å². The van der Waals surface area contributed by atoms with Crippen LogP contribution in [0, 0.1) is 12.8 Å². The molecule has 0 saturated carbocycles. The van der Waals surface area contributed by atoms with Crippen LogP contribution in [0.2, 0.25) is 0 Å². The number of hydrogen-bond donors (Lipinski definition) is 1. The topological polar surface area (TPSA) is 37.8 Å². The SMILES string of the molecule is Cc1nsc(NCC2CCCSC2)n1. The Morgan fingerprint density at radius 3 is 3.14 bits per heavy atom. The van der Waals surface area contributed by atoms with Crippen LogP contribution in [0.25, 0.3) is 0 Å². The lowest BCUT2D eigenvalue weighted by atomic mass is 10.1. The van der Waals surface area contributed by atoms with E-state index in [1.54, 1.807) is 0 Å². The zero-order valence-electron chi connectivity index (χ0n) is 8.32. The normalized spacial score (nSPS) is 22.2. The van der Waals surface area contributed by atoms with Crippen molar-refractivity contribution in [2.75, 3.05) is 23.4 Å². The monoisotopic (exact) mass is 229 g/mol. The van der Waals surface area contributed by atoms with E-state index in [2.05, 4.69) is 26.4 Å². The predicted molar refractivity (Wildman–Crippen MR) is 63.2 cm³/mol. The molecule has 1 aliphatic rings. The molecule has 1 saturated heterocycles. The van der Waals surface area contributed by atoms with Gasteiger partial charge in [0.05, 0.1) is 0 Å². The Balaban J connectivity index is 1.76. The van der Waals surface area contributed by atoms with Gasteiger partial charge < -0.3 is 5.32 Å². The van der Waals surface area contributed by atoms with Gasteiger partial charge in [0, 0.05) is 18.1 Å². The van der Waals surface area contributed by atoms with Gasteiger partial charge in [0.2, 0.25) is 5.13 Å². The van der Waals surface area contributed by atoms with Crippen molar-refractivity contribution in [3.63, 3.8) is 0 Å². The third-order valence-corrected chi connectivity index (χ3v) is 4.37. The van der Waals surface area contributed by atoms with Crippen LogP contribution in [0.1, 0.15) is 18.7 Å². The van der Waals surface area contributed by atoms with Gasteiger partial charge in [0.25, 0.3) is 0 Å². The number of anilines is 1. The molecule has 0 aliphatic carbocycles. The minimum absolute atomic E-state index is 0.818. The number of nitrogens with zero attached hydrogens (tertiary/aromatic N) is 2. The highest BCUT2D eigenvalue weighted by molar-refractivity contribution is 7.99. The van der Waals surface area contributed by atoms with Crippen LogP contribution >= 0.6 is 23.3 Å². The summed E-state index contributed by atoms with van der Waals surface area (Å²) in [6.07, 6.45) is 2.73. The summed E-state index contributed by atoms with van der Waals surface area (Å²) in [5.74, 6) is 4.33. The van der Waals surface area contributed by atoms with Crippen LogP contribution in [0.5, 0.6) is 0 Å². The van der Waals surface area contributed by atoms with E-state index in [0.29, 0.717) is 0 Å². The minimum Gasteiger partial charge on any atom is -0.360 e. The Morgan fingerprint density at radius 1 is 1.57 bits per heavy atom. The molecule has 0 bridgehead atoms. The first kappa shape index (κ1) is 10.2. The molecule has 1 unspecified atom stereocenters. The minimum atomic E-state index is 0.818. The molecular weight excluding hydrogens is 214 g/mol. The van der Waals surface area contributed by atoms with Gasteiger partial charge in [-0.05, 0) is 37.2 Å². The van der Waals surface area contributed by atoms with Crippen LogP contribution in [-0.4, -0.2) is 27.4 Å². The zero-order valence-corrected chi connectivity index (χ0v) is 9.96. The van der Waals surface area contributed by atoms with Gasteiger partial charge in [-0.15, -0.1) is 0 Å². The maximum Gasteiger partial charge on any atom is 0.202 e. The van der Waals surface area contributed by atoms with Crippen molar-refractivity contribution >= 4 is 28.4 Å². The molecule has 2 heterocycles. The third kappa shape index (κ3) is 2.85. The summed E-state index contributed by atoms with van der Waals surface area (Å²) in [6, 6.07) is 0.